The van der Waals surface area contributed by atoms with Gasteiger partial charge in [0.1, 0.15) is 0 Å². The highest BCUT2D eigenvalue weighted by atomic mass is 32.1. The topological polar surface area (TPSA) is 47.0 Å². The summed E-state index contributed by atoms with van der Waals surface area (Å²) in [4.78, 5) is 8.93. The molecule has 1 aliphatic heterocycles. The molecule has 0 saturated carbocycles. The van der Waals surface area contributed by atoms with Crippen molar-refractivity contribution in [3.63, 3.8) is 0 Å². The largest absolute Gasteiger partial charge is 0.376 e. The summed E-state index contributed by atoms with van der Waals surface area (Å²) in [7, 11) is 0. The molecule has 1 saturated heterocycles. The maximum atomic E-state index is 5.90. The second kappa shape index (κ2) is 6.02. The smallest absolute Gasteiger partial charge is 0.184 e. The SMILES string of the molecule is c1cncc(C(Nc2nc3ccccc3s2)C2CCCO2)c1. The van der Waals surface area contributed by atoms with Gasteiger partial charge in [0, 0.05) is 19.0 Å². The summed E-state index contributed by atoms with van der Waals surface area (Å²) in [5.41, 5.74) is 2.18. The summed E-state index contributed by atoms with van der Waals surface area (Å²) in [6.45, 7) is 0.836. The van der Waals surface area contributed by atoms with Crippen LogP contribution in [0.5, 0.6) is 0 Å². The van der Waals surface area contributed by atoms with E-state index in [4.69, 9.17) is 4.74 Å². The van der Waals surface area contributed by atoms with Crippen molar-refractivity contribution in [3.05, 3.63) is 54.4 Å². The normalized spacial score (nSPS) is 19.4. The number of pyridine rings is 1. The molecule has 2 unspecified atom stereocenters. The van der Waals surface area contributed by atoms with Crippen molar-refractivity contribution in [2.24, 2.45) is 0 Å². The molecule has 4 nitrogen and oxygen atoms in total. The lowest BCUT2D eigenvalue weighted by atomic mass is 10.0. The van der Waals surface area contributed by atoms with Crippen molar-refractivity contribution in [1.29, 1.82) is 0 Å². The molecule has 1 N–H and O–H groups in total. The van der Waals surface area contributed by atoms with Crippen molar-refractivity contribution in [3.8, 4) is 0 Å². The van der Waals surface area contributed by atoms with Crippen LogP contribution < -0.4 is 5.32 Å². The second-order valence-electron chi connectivity index (χ2n) is 5.45. The molecule has 2 atom stereocenters. The van der Waals surface area contributed by atoms with Crippen LogP contribution in [0.4, 0.5) is 5.13 Å². The standard InChI is InChI=1S/C17H17N3OS/c1-2-8-15-13(6-1)19-17(22-15)20-16(14-7-4-10-21-14)12-5-3-9-18-11-12/h1-3,5-6,8-9,11,14,16H,4,7,10H2,(H,19,20). The first-order valence-corrected chi connectivity index (χ1v) is 8.35. The van der Waals surface area contributed by atoms with Gasteiger partial charge in [0.15, 0.2) is 5.13 Å². The Bertz CT molecular complexity index is 720. The zero-order valence-electron chi connectivity index (χ0n) is 12.1. The fourth-order valence-electron chi connectivity index (χ4n) is 2.88. The van der Waals surface area contributed by atoms with Gasteiger partial charge in [0.2, 0.25) is 0 Å². The van der Waals surface area contributed by atoms with E-state index in [0.29, 0.717) is 0 Å². The number of nitrogens with zero attached hydrogens (tertiary/aromatic N) is 2. The minimum Gasteiger partial charge on any atom is -0.376 e. The number of rotatable bonds is 4. The van der Waals surface area contributed by atoms with E-state index in [1.807, 2.05) is 30.5 Å². The van der Waals surface area contributed by atoms with Crippen LogP contribution in [0.2, 0.25) is 0 Å². The Morgan fingerprint density at radius 2 is 2.18 bits per heavy atom. The minimum absolute atomic E-state index is 0.0942. The molecule has 5 heteroatoms. The lowest BCUT2D eigenvalue weighted by Crippen LogP contribution is -2.25. The molecule has 0 spiro atoms. The molecule has 1 aliphatic rings. The van der Waals surface area contributed by atoms with Crippen LogP contribution >= 0.6 is 11.3 Å². The quantitative estimate of drug-likeness (QED) is 0.790. The fourth-order valence-corrected chi connectivity index (χ4v) is 3.79. The van der Waals surface area contributed by atoms with Crippen LogP contribution in [0, 0.1) is 0 Å². The summed E-state index contributed by atoms with van der Waals surface area (Å²) < 4.78 is 7.10. The van der Waals surface area contributed by atoms with E-state index in [1.54, 1.807) is 17.5 Å². The predicted octanol–water partition coefficient (Wildman–Crippen LogP) is 4.02. The van der Waals surface area contributed by atoms with Crippen LogP contribution in [-0.2, 0) is 4.74 Å². The van der Waals surface area contributed by atoms with Gasteiger partial charge < -0.3 is 10.1 Å². The van der Waals surface area contributed by atoms with Gasteiger partial charge in [0.05, 0.1) is 22.4 Å². The molecule has 112 valence electrons. The van der Waals surface area contributed by atoms with Gasteiger partial charge in [-0.2, -0.15) is 0 Å². The Balaban J connectivity index is 1.65. The fraction of sp³-hybridized carbons (Fsp3) is 0.294. The molecule has 1 fully saturated rings. The van der Waals surface area contributed by atoms with Crippen molar-refractivity contribution in [2.75, 3.05) is 11.9 Å². The van der Waals surface area contributed by atoms with E-state index in [1.165, 1.54) is 4.70 Å². The number of para-hydroxylation sites is 1. The Morgan fingerprint density at radius 1 is 1.23 bits per heavy atom. The average molecular weight is 311 g/mol. The number of fused-ring (bicyclic) bond motifs is 1. The lowest BCUT2D eigenvalue weighted by Gasteiger charge is -2.24. The summed E-state index contributed by atoms with van der Waals surface area (Å²) in [6, 6.07) is 12.4. The van der Waals surface area contributed by atoms with Gasteiger partial charge in [-0.05, 0) is 36.6 Å². The molecular formula is C17H17N3OS. The van der Waals surface area contributed by atoms with Crippen molar-refractivity contribution >= 4 is 26.7 Å². The number of anilines is 1. The van der Waals surface area contributed by atoms with Gasteiger partial charge in [0.25, 0.3) is 0 Å². The van der Waals surface area contributed by atoms with E-state index >= 15 is 0 Å². The summed E-state index contributed by atoms with van der Waals surface area (Å²) in [6.07, 6.45) is 6.07. The highest BCUT2D eigenvalue weighted by molar-refractivity contribution is 7.22. The Hall–Kier alpha value is -1.98. The van der Waals surface area contributed by atoms with Gasteiger partial charge in [-0.15, -0.1) is 0 Å². The maximum Gasteiger partial charge on any atom is 0.184 e. The van der Waals surface area contributed by atoms with E-state index in [0.717, 1.165) is 35.7 Å². The molecule has 0 aliphatic carbocycles. The van der Waals surface area contributed by atoms with E-state index < -0.39 is 0 Å². The molecule has 3 heterocycles. The number of ether oxygens (including phenoxy) is 1. The highest BCUT2D eigenvalue weighted by Crippen LogP contribution is 2.33. The maximum absolute atomic E-state index is 5.90. The first kappa shape index (κ1) is 13.7. The monoisotopic (exact) mass is 311 g/mol. The number of hydrogen-bond acceptors (Lipinski definition) is 5. The number of aromatic nitrogens is 2. The number of benzene rings is 1. The van der Waals surface area contributed by atoms with Gasteiger partial charge in [-0.1, -0.05) is 29.5 Å². The third-order valence-electron chi connectivity index (χ3n) is 3.95. The summed E-state index contributed by atoms with van der Waals surface area (Å²) in [5.74, 6) is 0. The van der Waals surface area contributed by atoms with Gasteiger partial charge in [-0.3, -0.25) is 4.98 Å². The number of hydrogen-bond donors (Lipinski definition) is 1. The van der Waals surface area contributed by atoms with E-state index in [-0.39, 0.29) is 12.1 Å². The van der Waals surface area contributed by atoms with Crippen LogP contribution in [0.15, 0.2) is 48.8 Å². The molecule has 22 heavy (non-hydrogen) atoms. The summed E-state index contributed by atoms with van der Waals surface area (Å²) in [5, 5.41) is 4.50. The number of nitrogens with one attached hydrogen (secondary N) is 1. The zero-order chi connectivity index (χ0) is 14.8. The van der Waals surface area contributed by atoms with E-state index in [2.05, 4.69) is 27.4 Å². The van der Waals surface area contributed by atoms with Crippen LogP contribution in [0.25, 0.3) is 10.2 Å². The Labute approximate surface area is 133 Å². The third-order valence-corrected chi connectivity index (χ3v) is 4.92. The predicted molar refractivity (Wildman–Crippen MR) is 89.2 cm³/mol. The molecule has 0 radical (unpaired) electrons. The number of thiazole rings is 1. The second-order valence-corrected chi connectivity index (χ2v) is 6.48. The first-order valence-electron chi connectivity index (χ1n) is 7.54. The van der Waals surface area contributed by atoms with Crippen LogP contribution in [0.3, 0.4) is 0 Å². The molecule has 0 bridgehead atoms. The van der Waals surface area contributed by atoms with Crippen LogP contribution in [0.1, 0.15) is 24.4 Å². The average Bonchev–Trinajstić information content (AvgIpc) is 3.22. The lowest BCUT2D eigenvalue weighted by molar-refractivity contribution is 0.0953. The van der Waals surface area contributed by atoms with Crippen molar-refractivity contribution in [1.82, 2.24) is 9.97 Å². The first-order chi connectivity index (χ1) is 10.9. The molecule has 2 aromatic heterocycles. The summed E-state index contributed by atoms with van der Waals surface area (Å²) >= 11 is 1.68. The Kier molecular flexibility index (Phi) is 3.74. The molecular weight excluding hydrogens is 294 g/mol. The Morgan fingerprint density at radius 3 is 2.95 bits per heavy atom. The third kappa shape index (κ3) is 2.69. The molecule has 0 amide bonds. The van der Waals surface area contributed by atoms with Gasteiger partial charge >= 0.3 is 0 Å². The van der Waals surface area contributed by atoms with Crippen molar-refractivity contribution < 1.29 is 4.74 Å². The van der Waals surface area contributed by atoms with Crippen molar-refractivity contribution in [2.45, 2.75) is 25.0 Å². The van der Waals surface area contributed by atoms with E-state index in [9.17, 15) is 0 Å². The molecule has 4 rings (SSSR count). The van der Waals surface area contributed by atoms with Gasteiger partial charge in [-0.25, -0.2) is 4.98 Å². The molecule has 1 aromatic carbocycles. The van der Waals surface area contributed by atoms with Crippen LogP contribution in [-0.4, -0.2) is 22.7 Å². The zero-order valence-corrected chi connectivity index (χ0v) is 12.9. The minimum atomic E-state index is 0.0942. The molecule has 3 aromatic rings. The highest BCUT2D eigenvalue weighted by Gasteiger charge is 2.28.